The van der Waals surface area contributed by atoms with Crippen LogP contribution in [0, 0.1) is 11.8 Å². The number of hydrogen-bond acceptors (Lipinski definition) is 3. The minimum absolute atomic E-state index is 0.193. The van der Waals surface area contributed by atoms with E-state index in [0.29, 0.717) is 18.0 Å². The van der Waals surface area contributed by atoms with Gasteiger partial charge in [0.15, 0.2) is 9.84 Å². The standard InChI is InChI=1S/C19H24F3NO2S/c1-12(2)26(24,25)11-13-3-5-14(6-4-13)16-9-15-7-8-18(19(20,21)22)23-17(15)10-16/h7-8,10,12-14H,3-6,9,11H2,1-2H3. The second-order valence-corrected chi connectivity index (χ2v) is 10.3. The van der Waals surface area contributed by atoms with Crippen molar-refractivity contribution in [2.75, 3.05) is 5.75 Å². The van der Waals surface area contributed by atoms with Crippen molar-refractivity contribution in [2.45, 2.75) is 57.4 Å². The number of hydrogen-bond donors (Lipinski definition) is 0. The van der Waals surface area contributed by atoms with Gasteiger partial charge in [-0.1, -0.05) is 11.6 Å². The maximum Gasteiger partial charge on any atom is 0.433 e. The highest BCUT2D eigenvalue weighted by atomic mass is 32.2. The number of rotatable bonds is 4. The number of fused-ring (bicyclic) bond motifs is 1. The monoisotopic (exact) mass is 387 g/mol. The normalized spacial score (nSPS) is 23.8. The van der Waals surface area contributed by atoms with Crippen LogP contribution in [0.3, 0.4) is 0 Å². The Labute approximate surface area is 152 Å². The second kappa shape index (κ2) is 6.98. The molecule has 3 nitrogen and oxygen atoms in total. The molecule has 2 aliphatic carbocycles. The van der Waals surface area contributed by atoms with Crippen molar-refractivity contribution < 1.29 is 21.6 Å². The Kier molecular flexibility index (Phi) is 5.21. The summed E-state index contributed by atoms with van der Waals surface area (Å²) in [5.74, 6) is 0.752. The molecule has 0 bridgehead atoms. The summed E-state index contributed by atoms with van der Waals surface area (Å²) in [5.41, 5.74) is 1.56. The summed E-state index contributed by atoms with van der Waals surface area (Å²) in [6, 6.07) is 2.57. The SMILES string of the molecule is CC(C)S(=O)(=O)CC1CCC(C2=Cc3nc(C(F)(F)F)ccc3C2)CC1. The molecule has 0 amide bonds. The Morgan fingerprint density at radius 3 is 2.38 bits per heavy atom. The predicted octanol–water partition coefficient (Wildman–Crippen LogP) is 4.67. The van der Waals surface area contributed by atoms with Crippen LogP contribution in [-0.4, -0.2) is 24.4 Å². The molecule has 26 heavy (non-hydrogen) atoms. The highest BCUT2D eigenvalue weighted by molar-refractivity contribution is 7.91. The molecule has 144 valence electrons. The molecule has 7 heteroatoms. The van der Waals surface area contributed by atoms with Gasteiger partial charge in [-0.15, -0.1) is 0 Å². The van der Waals surface area contributed by atoms with Gasteiger partial charge in [0.2, 0.25) is 0 Å². The first-order valence-electron chi connectivity index (χ1n) is 9.05. The molecule has 0 radical (unpaired) electrons. The van der Waals surface area contributed by atoms with Crippen molar-refractivity contribution in [3.05, 3.63) is 34.7 Å². The molecule has 0 unspecified atom stereocenters. The van der Waals surface area contributed by atoms with Crippen LogP contribution in [0.5, 0.6) is 0 Å². The molecule has 0 spiro atoms. The number of alkyl halides is 3. The fraction of sp³-hybridized carbons (Fsp3) is 0.632. The number of pyridine rings is 1. The zero-order valence-electron chi connectivity index (χ0n) is 15.0. The van der Waals surface area contributed by atoms with E-state index in [9.17, 15) is 21.6 Å². The Balaban J connectivity index is 1.64. The highest BCUT2D eigenvalue weighted by Crippen LogP contribution is 2.40. The second-order valence-electron chi connectivity index (χ2n) is 7.73. The Morgan fingerprint density at radius 1 is 1.15 bits per heavy atom. The summed E-state index contributed by atoms with van der Waals surface area (Å²) >= 11 is 0. The van der Waals surface area contributed by atoms with Crippen LogP contribution in [0.15, 0.2) is 17.7 Å². The lowest BCUT2D eigenvalue weighted by Gasteiger charge is -2.29. The summed E-state index contributed by atoms with van der Waals surface area (Å²) in [5, 5.41) is -0.346. The van der Waals surface area contributed by atoms with Crippen LogP contribution in [0.1, 0.15) is 56.5 Å². The van der Waals surface area contributed by atoms with Crippen molar-refractivity contribution in [2.24, 2.45) is 11.8 Å². The summed E-state index contributed by atoms with van der Waals surface area (Å²) in [6.07, 6.45) is 1.53. The van der Waals surface area contributed by atoms with E-state index in [1.54, 1.807) is 19.9 Å². The third kappa shape index (κ3) is 4.13. The quantitative estimate of drug-likeness (QED) is 0.754. The van der Waals surface area contributed by atoms with Crippen molar-refractivity contribution in [1.29, 1.82) is 0 Å². The summed E-state index contributed by atoms with van der Waals surface area (Å²) < 4.78 is 62.6. The zero-order valence-corrected chi connectivity index (χ0v) is 15.8. The first-order chi connectivity index (χ1) is 12.1. The van der Waals surface area contributed by atoms with Gasteiger partial charge < -0.3 is 0 Å². The average Bonchev–Trinajstić information content (AvgIpc) is 2.97. The molecule has 0 atom stereocenters. The van der Waals surface area contributed by atoms with Crippen LogP contribution < -0.4 is 0 Å². The zero-order chi connectivity index (χ0) is 19.1. The average molecular weight is 387 g/mol. The smallest absolute Gasteiger partial charge is 0.244 e. The van der Waals surface area contributed by atoms with Gasteiger partial charge in [0.1, 0.15) is 5.69 Å². The maximum absolute atomic E-state index is 12.8. The minimum atomic E-state index is -4.43. The van der Waals surface area contributed by atoms with Gasteiger partial charge in [-0.2, -0.15) is 13.2 Å². The van der Waals surface area contributed by atoms with Crippen LogP contribution in [0.4, 0.5) is 13.2 Å². The Morgan fingerprint density at radius 2 is 1.81 bits per heavy atom. The molecule has 0 aromatic carbocycles. The fourth-order valence-corrected chi connectivity index (χ4v) is 5.24. The molecule has 0 aliphatic heterocycles. The van der Waals surface area contributed by atoms with E-state index in [1.165, 1.54) is 6.07 Å². The van der Waals surface area contributed by atoms with Crippen LogP contribution in [0.2, 0.25) is 0 Å². The lowest BCUT2D eigenvalue weighted by Crippen LogP contribution is -2.27. The molecular formula is C19H24F3NO2S. The molecule has 3 rings (SSSR count). The van der Waals surface area contributed by atoms with Crippen LogP contribution in [0.25, 0.3) is 6.08 Å². The van der Waals surface area contributed by atoms with Gasteiger partial charge in [-0.05, 0) is 75.5 Å². The molecular weight excluding hydrogens is 363 g/mol. The fourth-order valence-electron chi connectivity index (χ4n) is 3.87. The first-order valence-corrected chi connectivity index (χ1v) is 10.8. The van der Waals surface area contributed by atoms with E-state index in [2.05, 4.69) is 4.98 Å². The van der Waals surface area contributed by atoms with Crippen LogP contribution in [-0.2, 0) is 22.4 Å². The highest BCUT2D eigenvalue weighted by Gasteiger charge is 2.34. The third-order valence-electron chi connectivity index (χ3n) is 5.58. The van der Waals surface area contributed by atoms with Gasteiger partial charge in [0, 0.05) is 0 Å². The number of sulfone groups is 1. The van der Waals surface area contributed by atoms with Crippen LogP contribution >= 0.6 is 0 Å². The van der Waals surface area contributed by atoms with E-state index in [4.69, 9.17) is 0 Å². The van der Waals surface area contributed by atoms with Gasteiger partial charge in [0.05, 0.1) is 16.7 Å². The molecule has 0 saturated heterocycles. The topological polar surface area (TPSA) is 47.0 Å². The van der Waals surface area contributed by atoms with Gasteiger partial charge in [0.25, 0.3) is 0 Å². The predicted molar refractivity (Wildman–Crippen MR) is 95.3 cm³/mol. The van der Waals surface area contributed by atoms with Crippen molar-refractivity contribution in [3.63, 3.8) is 0 Å². The minimum Gasteiger partial charge on any atom is -0.244 e. The van der Waals surface area contributed by atoms with Crippen molar-refractivity contribution >= 4 is 15.9 Å². The summed E-state index contributed by atoms with van der Waals surface area (Å²) in [7, 11) is -3.03. The largest absolute Gasteiger partial charge is 0.433 e. The Bertz CT molecular complexity index is 805. The van der Waals surface area contributed by atoms with E-state index in [-0.39, 0.29) is 16.9 Å². The molecule has 1 fully saturated rings. The van der Waals surface area contributed by atoms with Crippen molar-refractivity contribution in [1.82, 2.24) is 4.98 Å². The molecule has 1 saturated carbocycles. The van der Waals surface area contributed by atoms with Gasteiger partial charge in [-0.25, -0.2) is 13.4 Å². The number of allylic oxidation sites excluding steroid dienone is 1. The molecule has 1 heterocycles. The summed E-state index contributed by atoms with van der Waals surface area (Å²) in [6.45, 7) is 3.42. The first kappa shape index (κ1) is 19.4. The lowest BCUT2D eigenvalue weighted by molar-refractivity contribution is -0.141. The lowest BCUT2D eigenvalue weighted by atomic mass is 9.78. The van der Waals surface area contributed by atoms with E-state index in [0.717, 1.165) is 42.9 Å². The van der Waals surface area contributed by atoms with E-state index in [1.807, 2.05) is 0 Å². The number of halogens is 3. The molecule has 0 N–H and O–H groups in total. The molecule has 1 aromatic rings. The third-order valence-corrected chi connectivity index (χ3v) is 7.95. The van der Waals surface area contributed by atoms with E-state index >= 15 is 0 Å². The number of nitrogens with zero attached hydrogens (tertiary/aromatic N) is 1. The van der Waals surface area contributed by atoms with Crippen molar-refractivity contribution in [3.8, 4) is 0 Å². The number of aromatic nitrogens is 1. The maximum atomic E-state index is 12.8. The van der Waals surface area contributed by atoms with E-state index < -0.39 is 21.7 Å². The molecule has 1 aromatic heterocycles. The van der Waals surface area contributed by atoms with Gasteiger partial charge >= 0.3 is 6.18 Å². The Hall–Kier alpha value is -1.37. The molecule has 2 aliphatic rings. The summed E-state index contributed by atoms with van der Waals surface area (Å²) in [4.78, 5) is 3.77. The van der Waals surface area contributed by atoms with Gasteiger partial charge in [-0.3, -0.25) is 0 Å².